The summed E-state index contributed by atoms with van der Waals surface area (Å²) < 4.78 is 1.59. The number of carboxylic acids is 1. The summed E-state index contributed by atoms with van der Waals surface area (Å²) >= 11 is 1.65. The lowest BCUT2D eigenvalue weighted by molar-refractivity contribution is 0.0696. The van der Waals surface area contributed by atoms with Gasteiger partial charge in [0.2, 0.25) is 0 Å². The Morgan fingerprint density at radius 1 is 1.36 bits per heavy atom. The van der Waals surface area contributed by atoms with Crippen LogP contribution >= 0.6 is 11.3 Å². The highest BCUT2D eigenvalue weighted by molar-refractivity contribution is 7.18. The van der Waals surface area contributed by atoms with Crippen molar-refractivity contribution in [2.75, 3.05) is 0 Å². The number of fused-ring (bicyclic) bond motifs is 3. The number of hydrogen-bond acceptors (Lipinski definition) is 4. The van der Waals surface area contributed by atoms with Gasteiger partial charge in [0.25, 0.3) is 5.56 Å². The lowest BCUT2D eigenvalue weighted by atomic mass is 9.72. The minimum absolute atomic E-state index is 0.0302. The molecule has 4 rings (SSSR count). The van der Waals surface area contributed by atoms with Gasteiger partial charge in [-0.25, -0.2) is 9.78 Å². The van der Waals surface area contributed by atoms with Crippen LogP contribution in [0, 0.1) is 11.3 Å². The maximum Gasteiger partial charge on any atom is 0.335 e. The van der Waals surface area contributed by atoms with Crippen molar-refractivity contribution in [3.05, 3.63) is 62.5 Å². The van der Waals surface area contributed by atoms with Crippen molar-refractivity contribution in [2.24, 2.45) is 11.3 Å². The van der Waals surface area contributed by atoms with Crippen LogP contribution in [0.3, 0.4) is 0 Å². The van der Waals surface area contributed by atoms with E-state index in [-0.39, 0.29) is 16.5 Å². The lowest BCUT2D eigenvalue weighted by Gasteiger charge is -2.33. The molecule has 0 unspecified atom stereocenters. The second kappa shape index (κ2) is 6.85. The van der Waals surface area contributed by atoms with Crippen molar-refractivity contribution in [1.82, 2.24) is 9.55 Å². The Kier molecular flexibility index (Phi) is 4.62. The first-order valence-corrected chi connectivity index (χ1v) is 10.4. The maximum absolute atomic E-state index is 13.2. The molecule has 0 aliphatic heterocycles. The lowest BCUT2D eigenvalue weighted by Crippen LogP contribution is -2.27. The van der Waals surface area contributed by atoms with Crippen molar-refractivity contribution in [3.8, 4) is 0 Å². The minimum atomic E-state index is -0.969. The molecule has 5 nitrogen and oxygen atoms in total. The molecule has 2 heterocycles. The van der Waals surface area contributed by atoms with E-state index in [9.17, 15) is 14.7 Å². The average molecular weight is 397 g/mol. The van der Waals surface area contributed by atoms with E-state index in [1.165, 1.54) is 10.4 Å². The van der Waals surface area contributed by atoms with E-state index in [0.717, 1.165) is 35.0 Å². The van der Waals surface area contributed by atoms with Gasteiger partial charge in [-0.3, -0.25) is 9.36 Å². The number of thiophene rings is 1. The van der Waals surface area contributed by atoms with E-state index in [2.05, 4.69) is 25.8 Å². The second-order valence-electron chi connectivity index (χ2n) is 8.67. The molecule has 1 aliphatic rings. The molecule has 28 heavy (non-hydrogen) atoms. The number of nitrogens with zero attached hydrogens (tertiary/aromatic N) is 2. The fourth-order valence-corrected chi connectivity index (χ4v) is 5.31. The Labute approximate surface area is 167 Å². The molecule has 1 aromatic carbocycles. The summed E-state index contributed by atoms with van der Waals surface area (Å²) in [6.07, 6.45) is 4.62. The molecule has 3 aromatic rings. The zero-order chi connectivity index (χ0) is 20.1. The summed E-state index contributed by atoms with van der Waals surface area (Å²) in [7, 11) is 0. The number of rotatable bonds is 3. The van der Waals surface area contributed by atoms with Crippen molar-refractivity contribution in [2.45, 2.75) is 46.6 Å². The van der Waals surface area contributed by atoms with E-state index < -0.39 is 5.97 Å². The van der Waals surface area contributed by atoms with Crippen molar-refractivity contribution in [1.29, 1.82) is 0 Å². The Hall–Kier alpha value is -2.47. The Bertz CT molecular complexity index is 1120. The third-order valence-electron chi connectivity index (χ3n) is 5.79. The third kappa shape index (κ3) is 3.37. The van der Waals surface area contributed by atoms with Crippen molar-refractivity contribution >= 4 is 27.5 Å². The predicted octanol–water partition coefficient (Wildman–Crippen LogP) is 4.36. The van der Waals surface area contributed by atoms with Crippen LogP contribution in [0.25, 0.3) is 10.2 Å². The van der Waals surface area contributed by atoms with Gasteiger partial charge in [-0.1, -0.05) is 32.9 Å². The predicted molar refractivity (Wildman–Crippen MR) is 111 cm³/mol. The van der Waals surface area contributed by atoms with Gasteiger partial charge in [-0.15, -0.1) is 11.3 Å². The highest BCUT2D eigenvalue weighted by Gasteiger charge is 2.31. The zero-order valence-corrected chi connectivity index (χ0v) is 17.2. The minimum Gasteiger partial charge on any atom is -0.478 e. The normalized spacial score (nSPS) is 16.9. The van der Waals surface area contributed by atoms with Crippen molar-refractivity contribution in [3.63, 3.8) is 0 Å². The van der Waals surface area contributed by atoms with Crippen LogP contribution in [0.4, 0.5) is 0 Å². The standard InChI is InChI=1S/C22H24N2O3S/c1-22(2,3)15-7-8-16-17(10-15)28-19-18(16)20(25)24(12-23-19)11-13-5-4-6-14(9-13)21(26)27/h4-6,9,12,15H,7-8,10-11H2,1-3H3,(H,26,27)/t15-/m0/s1. The molecule has 0 saturated heterocycles. The quantitative estimate of drug-likeness (QED) is 0.714. The molecule has 6 heteroatoms. The van der Waals surface area contributed by atoms with Gasteiger partial charge in [-0.05, 0) is 53.9 Å². The molecule has 0 fully saturated rings. The smallest absolute Gasteiger partial charge is 0.335 e. The Morgan fingerprint density at radius 3 is 2.86 bits per heavy atom. The van der Waals surface area contributed by atoms with Crippen LogP contribution in [0.2, 0.25) is 0 Å². The Morgan fingerprint density at radius 2 is 2.14 bits per heavy atom. The number of carboxylic acid groups (broad SMARTS) is 1. The summed E-state index contributed by atoms with van der Waals surface area (Å²) in [5.41, 5.74) is 2.40. The fourth-order valence-electron chi connectivity index (χ4n) is 4.05. The summed E-state index contributed by atoms with van der Waals surface area (Å²) in [6, 6.07) is 6.70. The zero-order valence-electron chi connectivity index (χ0n) is 16.4. The molecule has 0 saturated carbocycles. The Balaban J connectivity index is 1.71. The SMILES string of the molecule is CC(C)(C)[C@H]1CCc2c(sc3ncn(Cc4cccc(C(=O)O)c4)c(=O)c23)C1. The molecular formula is C22H24N2O3S. The number of carbonyl (C=O) groups is 1. The molecule has 1 atom stereocenters. The van der Waals surface area contributed by atoms with E-state index in [1.807, 2.05) is 6.07 Å². The molecule has 1 N–H and O–H groups in total. The van der Waals surface area contributed by atoms with Gasteiger partial charge in [0.05, 0.1) is 23.8 Å². The molecule has 0 amide bonds. The maximum atomic E-state index is 13.2. The first kappa shape index (κ1) is 18.9. The number of aromatic nitrogens is 2. The monoisotopic (exact) mass is 396 g/mol. The first-order valence-electron chi connectivity index (χ1n) is 9.56. The fraction of sp³-hybridized carbons (Fsp3) is 0.409. The van der Waals surface area contributed by atoms with Crippen LogP contribution < -0.4 is 5.56 Å². The van der Waals surface area contributed by atoms with E-state index >= 15 is 0 Å². The van der Waals surface area contributed by atoms with Gasteiger partial charge in [-0.2, -0.15) is 0 Å². The highest BCUT2D eigenvalue weighted by Crippen LogP contribution is 2.41. The van der Waals surface area contributed by atoms with E-state index in [4.69, 9.17) is 0 Å². The number of benzene rings is 1. The molecule has 0 bridgehead atoms. The van der Waals surface area contributed by atoms with Crippen LogP contribution in [-0.2, 0) is 19.4 Å². The van der Waals surface area contributed by atoms with Crippen LogP contribution in [0.1, 0.15) is 53.6 Å². The topological polar surface area (TPSA) is 72.2 Å². The molecule has 146 valence electrons. The molecule has 0 spiro atoms. The van der Waals surface area contributed by atoms with Gasteiger partial charge in [0.1, 0.15) is 4.83 Å². The van der Waals surface area contributed by atoms with Crippen LogP contribution in [0.5, 0.6) is 0 Å². The summed E-state index contributed by atoms with van der Waals surface area (Å²) in [6.45, 7) is 7.17. The number of aryl methyl sites for hydroxylation is 1. The first-order chi connectivity index (χ1) is 13.2. The molecule has 0 radical (unpaired) electrons. The number of aromatic carboxylic acids is 1. The average Bonchev–Trinajstić information content (AvgIpc) is 3.02. The van der Waals surface area contributed by atoms with Gasteiger partial charge in [0, 0.05) is 4.88 Å². The highest BCUT2D eigenvalue weighted by atomic mass is 32.1. The second-order valence-corrected chi connectivity index (χ2v) is 9.76. The van der Waals surface area contributed by atoms with Crippen LogP contribution in [0.15, 0.2) is 35.4 Å². The molecular weight excluding hydrogens is 372 g/mol. The van der Waals surface area contributed by atoms with E-state index in [0.29, 0.717) is 12.5 Å². The van der Waals surface area contributed by atoms with E-state index in [1.54, 1.807) is 40.4 Å². The molecule has 1 aliphatic carbocycles. The van der Waals surface area contributed by atoms with Gasteiger partial charge in [0.15, 0.2) is 0 Å². The van der Waals surface area contributed by atoms with Gasteiger partial charge < -0.3 is 5.11 Å². The number of hydrogen-bond donors (Lipinski definition) is 1. The van der Waals surface area contributed by atoms with Crippen LogP contribution in [-0.4, -0.2) is 20.6 Å². The molecule has 2 aromatic heterocycles. The van der Waals surface area contributed by atoms with Gasteiger partial charge >= 0.3 is 5.97 Å². The summed E-state index contributed by atoms with van der Waals surface area (Å²) in [4.78, 5) is 31.0. The summed E-state index contributed by atoms with van der Waals surface area (Å²) in [5.74, 6) is -0.350. The third-order valence-corrected chi connectivity index (χ3v) is 6.95. The summed E-state index contributed by atoms with van der Waals surface area (Å²) in [5, 5.41) is 9.93. The van der Waals surface area contributed by atoms with Crippen molar-refractivity contribution < 1.29 is 9.90 Å². The largest absolute Gasteiger partial charge is 0.478 e.